The van der Waals surface area contributed by atoms with Crippen LogP contribution in [0.3, 0.4) is 0 Å². The third-order valence-corrected chi connectivity index (χ3v) is 6.14. The third kappa shape index (κ3) is 4.91. The van der Waals surface area contributed by atoms with Gasteiger partial charge in [0.1, 0.15) is 5.75 Å². The Balaban J connectivity index is 0.000000146. The van der Waals surface area contributed by atoms with Gasteiger partial charge < -0.3 is 15.4 Å². The summed E-state index contributed by atoms with van der Waals surface area (Å²) in [6.45, 7) is 2.04. The van der Waals surface area contributed by atoms with E-state index in [0.29, 0.717) is 0 Å². The molecule has 1 aliphatic heterocycles. The lowest BCUT2D eigenvalue weighted by Gasteiger charge is -2.17. The first kappa shape index (κ1) is 21.2. The van der Waals surface area contributed by atoms with Crippen molar-refractivity contribution in [1.82, 2.24) is 15.5 Å². The highest BCUT2D eigenvalue weighted by atomic mass is 16.5. The second kappa shape index (κ2) is 9.46. The maximum atomic E-state index is 11.4. The molecule has 1 aliphatic carbocycles. The molecule has 0 atom stereocenters. The summed E-state index contributed by atoms with van der Waals surface area (Å²) in [7, 11) is 1.62. The smallest absolute Gasteiger partial charge is 0.227 e. The molecule has 2 aliphatic rings. The van der Waals surface area contributed by atoms with Crippen LogP contribution in [-0.4, -0.2) is 29.8 Å². The fraction of sp³-hybridized carbons (Fsp3) is 0.259. The van der Waals surface area contributed by atoms with Gasteiger partial charge in [0.25, 0.3) is 0 Å². The number of nitrogens with zero attached hydrogens (tertiary/aromatic N) is 1. The van der Waals surface area contributed by atoms with Gasteiger partial charge in [0.05, 0.1) is 18.3 Å². The van der Waals surface area contributed by atoms with E-state index in [-0.39, 0.29) is 11.8 Å². The van der Waals surface area contributed by atoms with E-state index in [1.807, 2.05) is 30.3 Å². The topological polar surface area (TPSA) is 79.0 Å². The summed E-state index contributed by atoms with van der Waals surface area (Å²) in [6, 6.07) is 22.3. The number of hydrogen-bond acceptors (Lipinski definition) is 4. The lowest BCUT2D eigenvalue weighted by Crippen LogP contribution is -2.23. The van der Waals surface area contributed by atoms with E-state index in [1.165, 1.54) is 22.1 Å². The first-order chi connectivity index (χ1) is 16.2. The van der Waals surface area contributed by atoms with Crippen LogP contribution in [0.1, 0.15) is 24.0 Å². The van der Waals surface area contributed by atoms with Gasteiger partial charge in [0.2, 0.25) is 5.91 Å². The summed E-state index contributed by atoms with van der Waals surface area (Å²) in [5, 5.41) is 15.0. The van der Waals surface area contributed by atoms with Crippen molar-refractivity contribution in [3.05, 3.63) is 77.9 Å². The molecular weight excluding hydrogens is 412 g/mol. The highest BCUT2D eigenvalue weighted by Crippen LogP contribution is 2.30. The fourth-order valence-electron chi connectivity index (χ4n) is 4.08. The third-order valence-electron chi connectivity index (χ3n) is 6.14. The molecule has 6 rings (SSSR count). The monoisotopic (exact) mass is 440 g/mol. The number of aromatic amines is 1. The van der Waals surface area contributed by atoms with Gasteiger partial charge in [-0.2, -0.15) is 5.10 Å². The number of carbonyl (C=O) groups is 1. The first-order valence-corrected chi connectivity index (χ1v) is 11.4. The van der Waals surface area contributed by atoms with Crippen molar-refractivity contribution in [2.75, 3.05) is 19.0 Å². The van der Waals surface area contributed by atoms with Crippen molar-refractivity contribution in [3.63, 3.8) is 0 Å². The molecule has 0 bridgehead atoms. The lowest BCUT2D eigenvalue weighted by molar-refractivity contribution is -0.117. The lowest BCUT2D eigenvalue weighted by atomic mass is 9.96. The number of H-pyrrole nitrogens is 1. The predicted octanol–water partition coefficient (Wildman–Crippen LogP) is 4.92. The van der Waals surface area contributed by atoms with Gasteiger partial charge in [-0.1, -0.05) is 30.3 Å². The number of carbonyl (C=O) groups excluding carboxylic acids is 1. The SMILES string of the molecule is COc1ccc(NC(=O)C2CC2)cc1.c1ccc2c(-c3ccc4c(c3)CNCC4)n[nH]c2c1. The van der Waals surface area contributed by atoms with Crippen molar-refractivity contribution < 1.29 is 9.53 Å². The highest BCUT2D eigenvalue weighted by molar-refractivity contribution is 5.94. The van der Waals surface area contributed by atoms with Crippen LogP contribution in [0.25, 0.3) is 22.2 Å². The Morgan fingerprint density at radius 3 is 2.64 bits per heavy atom. The second-order valence-electron chi connectivity index (χ2n) is 8.52. The number of aromatic nitrogens is 2. The number of hydrogen-bond donors (Lipinski definition) is 3. The number of para-hydroxylation sites is 1. The van der Waals surface area contributed by atoms with Crippen LogP contribution in [0.5, 0.6) is 5.75 Å². The highest BCUT2D eigenvalue weighted by Gasteiger charge is 2.29. The molecule has 4 aromatic rings. The first-order valence-electron chi connectivity index (χ1n) is 11.4. The van der Waals surface area contributed by atoms with Crippen molar-refractivity contribution in [1.29, 1.82) is 0 Å². The molecule has 2 heterocycles. The van der Waals surface area contributed by atoms with Gasteiger partial charge in [0, 0.05) is 29.1 Å². The van der Waals surface area contributed by atoms with Crippen LogP contribution in [0.4, 0.5) is 5.69 Å². The molecule has 6 nitrogen and oxygen atoms in total. The quantitative estimate of drug-likeness (QED) is 0.421. The summed E-state index contributed by atoms with van der Waals surface area (Å²) >= 11 is 0. The molecule has 3 aromatic carbocycles. The van der Waals surface area contributed by atoms with Crippen LogP contribution >= 0.6 is 0 Å². The van der Waals surface area contributed by atoms with E-state index in [0.717, 1.165) is 55.0 Å². The number of nitrogens with one attached hydrogen (secondary N) is 3. The van der Waals surface area contributed by atoms with Crippen LogP contribution in [0.2, 0.25) is 0 Å². The summed E-state index contributed by atoms with van der Waals surface area (Å²) in [6.07, 6.45) is 3.18. The van der Waals surface area contributed by atoms with Crippen LogP contribution in [-0.2, 0) is 17.8 Å². The van der Waals surface area contributed by atoms with Gasteiger partial charge >= 0.3 is 0 Å². The van der Waals surface area contributed by atoms with Gasteiger partial charge in [-0.05, 0) is 73.3 Å². The number of methoxy groups -OCH3 is 1. The summed E-state index contributed by atoms with van der Waals surface area (Å²) in [5.41, 5.74) is 7.03. The minimum absolute atomic E-state index is 0.134. The molecule has 0 unspecified atom stereocenters. The van der Waals surface area contributed by atoms with E-state index >= 15 is 0 Å². The summed E-state index contributed by atoms with van der Waals surface area (Å²) < 4.78 is 5.02. The Kier molecular flexibility index (Phi) is 6.09. The van der Waals surface area contributed by atoms with Gasteiger partial charge in [-0.25, -0.2) is 0 Å². The Hall–Kier alpha value is -3.64. The van der Waals surface area contributed by atoms with Crippen molar-refractivity contribution in [2.45, 2.75) is 25.8 Å². The van der Waals surface area contributed by atoms with Crippen LogP contribution in [0.15, 0.2) is 66.7 Å². The zero-order valence-electron chi connectivity index (χ0n) is 18.7. The maximum Gasteiger partial charge on any atom is 0.227 e. The molecule has 1 fully saturated rings. The molecule has 6 heteroatoms. The number of anilines is 1. The average Bonchev–Trinajstić information content (AvgIpc) is 3.64. The largest absolute Gasteiger partial charge is 0.497 e. The number of fused-ring (bicyclic) bond motifs is 2. The molecule has 1 aromatic heterocycles. The minimum atomic E-state index is 0.134. The molecule has 0 radical (unpaired) electrons. The van der Waals surface area contributed by atoms with Gasteiger partial charge in [-0.15, -0.1) is 0 Å². The molecule has 168 valence electrons. The van der Waals surface area contributed by atoms with Gasteiger partial charge in [0.15, 0.2) is 0 Å². The number of ether oxygens (including phenoxy) is 1. The molecule has 0 spiro atoms. The molecular formula is C27H28N4O2. The predicted molar refractivity (Wildman–Crippen MR) is 131 cm³/mol. The van der Waals surface area contributed by atoms with E-state index < -0.39 is 0 Å². The second-order valence-corrected chi connectivity index (χ2v) is 8.52. The van der Waals surface area contributed by atoms with Crippen molar-refractivity contribution in [3.8, 4) is 17.0 Å². The number of amides is 1. The van der Waals surface area contributed by atoms with Crippen molar-refractivity contribution >= 4 is 22.5 Å². The van der Waals surface area contributed by atoms with E-state index in [1.54, 1.807) is 7.11 Å². The summed E-state index contributed by atoms with van der Waals surface area (Å²) in [4.78, 5) is 11.4. The molecule has 3 N–H and O–H groups in total. The molecule has 1 amide bonds. The number of rotatable bonds is 4. The van der Waals surface area contributed by atoms with E-state index in [4.69, 9.17) is 4.74 Å². The fourth-order valence-corrected chi connectivity index (χ4v) is 4.08. The van der Waals surface area contributed by atoms with Crippen molar-refractivity contribution in [2.24, 2.45) is 5.92 Å². The van der Waals surface area contributed by atoms with E-state index in [9.17, 15) is 4.79 Å². The zero-order chi connectivity index (χ0) is 22.6. The Bertz CT molecular complexity index is 1260. The molecule has 0 saturated heterocycles. The average molecular weight is 441 g/mol. The Labute approximate surface area is 193 Å². The van der Waals surface area contributed by atoms with Gasteiger partial charge in [-0.3, -0.25) is 9.89 Å². The summed E-state index contributed by atoms with van der Waals surface area (Å²) in [5.74, 6) is 1.18. The van der Waals surface area contributed by atoms with Crippen LogP contribution < -0.4 is 15.4 Å². The Morgan fingerprint density at radius 2 is 1.85 bits per heavy atom. The zero-order valence-corrected chi connectivity index (χ0v) is 18.7. The van der Waals surface area contributed by atoms with Crippen LogP contribution in [0, 0.1) is 5.92 Å². The number of benzene rings is 3. The minimum Gasteiger partial charge on any atom is -0.497 e. The normalized spacial score (nSPS) is 14.7. The molecule has 33 heavy (non-hydrogen) atoms. The molecule has 1 saturated carbocycles. The van der Waals surface area contributed by atoms with E-state index in [2.05, 4.69) is 57.2 Å². The maximum absolute atomic E-state index is 11.4. The standard InChI is InChI=1S/C16H15N3.C11H13NO2/c1-2-4-15-14(3-1)16(19-18-15)12-6-5-11-7-8-17-10-13(11)9-12;1-14-10-6-4-9(5-7-10)12-11(13)8-2-3-8/h1-6,9,17H,7-8,10H2,(H,18,19);4-8H,2-3H2,1H3,(H,12,13). The Morgan fingerprint density at radius 1 is 1.03 bits per heavy atom.